The molecule has 29 heavy (non-hydrogen) atoms. The first-order valence-electron chi connectivity index (χ1n) is 8.42. The quantitative estimate of drug-likeness (QED) is 0.567. The molecule has 1 heterocycles. The largest absolute Gasteiger partial charge is 0.483 e. The fourth-order valence-corrected chi connectivity index (χ4v) is 3.43. The Morgan fingerprint density at radius 2 is 1.72 bits per heavy atom. The fraction of sp³-hybridized carbons (Fsp3) is 0.150. The van der Waals surface area contributed by atoms with E-state index in [0.29, 0.717) is 16.1 Å². The van der Waals surface area contributed by atoms with Gasteiger partial charge in [-0.1, -0.05) is 53.8 Å². The van der Waals surface area contributed by atoms with Crippen LogP contribution in [0.4, 0.5) is 18.3 Å². The van der Waals surface area contributed by atoms with E-state index >= 15 is 0 Å². The number of halogens is 3. The number of carbonyl (C=O) groups is 2. The molecule has 0 aliphatic carbocycles. The normalized spacial score (nSPS) is 11.2. The van der Waals surface area contributed by atoms with E-state index in [2.05, 4.69) is 10.3 Å². The Bertz CT molecular complexity index is 1030. The van der Waals surface area contributed by atoms with Gasteiger partial charge in [-0.3, -0.25) is 14.9 Å². The van der Waals surface area contributed by atoms with Crippen LogP contribution in [0, 0.1) is 0 Å². The molecule has 3 aromatic rings. The zero-order valence-corrected chi connectivity index (χ0v) is 15.9. The van der Waals surface area contributed by atoms with Gasteiger partial charge in [-0.2, -0.15) is 13.2 Å². The van der Waals surface area contributed by atoms with Gasteiger partial charge < -0.3 is 4.74 Å². The smallest absolute Gasteiger partial charge is 0.419 e. The van der Waals surface area contributed by atoms with Crippen molar-refractivity contribution in [3.8, 4) is 17.0 Å². The number of benzene rings is 2. The van der Waals surface area contributed by atoms with Gasteiger partial charge in [0.05, 0.1) is 16.1 Å². The van der Waals surface area contributed by atoms with Crippen molar-refractivity contribution in [2.75, 3.05) is 11.9 Å². The van der Waals surface area contributed by atoms with Gasteiger partial charge in [0.25, 0.3) is 5.91 Å². The third-order valence-corrected chi connectivity index (χ3v) is 4.86. The van der Waals surface area contributed by atoms with Crippen LogP contribution in [-0.2, 0) is 11.0 Å². The van der Waals surface area contributed by atoms with Crippen molar-refractivity contribution in [1.82, 2.24) is 4.98 Å². The Morgan fingerprint density at radius 3 is 2.38 bits per heavy atom. The summed E-state index contributed by atoms with van der Waals surface area (Å²) < 4.78 is 44.0. The topological polar surface area (TPSA) is 68.3 Å². The molecule has 0 spiro atoms. The number of rotatable bonds is 6. The van der Waals surface area contributed by atoms with E-state index in [1.807, 2.05) is 6.07 Å². The molecule has 0 bridgehead atoms. The SMILES string of the molecule is CC(=O)c1sc(NC(=O)COc2ccccc2C(F)(F)F)nc1-c1ccccc1. The van der Waals surface area contributed by atoms with Crippen LogP contribution in [-0.4, -0.2) is 23.3 Å². The number of nitrogens with one attached hydrogen (secondary N) is 1. The second-order valence-corrected chi connectivity index (χ2v) is 6.95. The highest BCUT2D eigenvalue weighted by atomic mass is 32.1. The highest BCUT2D eigenvalue weighted by Gasteiger charge is 2.34. The number of carbonyl (C=O) groups excluding carboxylic acids is 2. The number of ether oxygens (including phenoxy) is 1. The molecule has 2 aromatic carbocycles. The molecular weight excluding hydrogens is 405 g/mol. The molecule has 5 nitrogen and oxygen atoms in total. The Labute approximate surface area is 168 Å². The minimum absolute atomic E-state index is 0.159. The van der Waals surface area contributed by atoms with Crippen molar-refractivity contribution in [2.24, 2.45) is 0 Å². The average Bonchev–Trinajstić information content (AvgIpc) is 3.11. The van der Waals surface area contributed by atoms with E-state index in [9.17, 15) is 22.8 Å². The van der Waals surface area contributed by atoms with Crippen molar-refractivity contribution in [1.29, 1.82) is 0 Å². The molecule has 0 unspecified atom stereocenters. The Hall–Kier alpha value is -3.20. The van der Waals surface area contributed by atoms with Crippen molar-refractivity contribution in [3.05, 3.63) is 65.0 Å². The predicted molar refractivity (Wildman–Crippen MR) is 103 cm³/mol. The average molecular weight is 420 g/mol. The maximum atomic E-state index is 13.0. The molecule has 1 amide bonds. The van der Waals surface area contributed by atoms with Crippen LogP contribution in [0.3, 0.4) is 0 Å². The number of thiazole rings is 1. The van der Waals surface area contributed by atoms with Crippen LogP contribution >= 0.6 is 11.3 Å². The van der Waals surface area contributed by atoms with Crippen LogP contribution in [0.2, 0.25) is 0 Å². The Kier molecular flexibility index (Phi) is 5.97. The number of ketones is 1. The molecule has 3 rings (SSSR count). The Balaban J connectivity index is 1.73. The molecule has 150 valence electrons. The van der Waals surface area contributed by atoms with Crippen LogP contribution in [0.5, 0.6) is 5.75 Å². The first kappa shape index (κ1) is 20.5. The van der Waals surface area contributed by atoms with E-state index < -0.39 is 30.0 Å². The first-order valence-corrected chi connectivity index (χ1v) is 9.23. The number of anilines is 1. The van der Waals surface area contributed by atoms with Gasteiger partial charge >= 0.3 is 6.18 Å². The van der Waals surface area contributed by atoms with Crippen LogP contribution in [0.15, 0.2) is 54.6 Å². The van der Waals surface area contributed by atoms with Gasteiger partial charge in [0.15, 0.2) is 17.5 Å². The Morgan fingerprint density at radius 1 is 1.07 bits per heavy atom. The number of hydrogen-bond donors (Lipinski definition) is 1. The summed E-state index contributed by atoms with van der Waals surface area (Å²) in [7, 11) is 0. The zero-order chi connectivity index (χ0) is 21.0. The highest BCUT2D eigenvalue weighted by molar-refractivity contribution is 7.18. The molecule has 1 aromatic heterocycles. The van der Waals surface area contributed by atoms with Crippen molar-refractivity contribution >= 4 is 28.2 Å². The number of hydrogen-bond acceptors (Lipinski definition) is 5. The van der Waals surface area contributed by atoms with Gasteiger partial charge in [-0.25, -0.2) is 4.98 Å². The number of Topliss-reactive ketones (excluding diaryl/α,β-unsaturated/α-hetero) is 1. The van der Waals surface area contributed by atoms with E-state index in [0.717, 1.165) is 23.5 Å². The van der Waals surface area contributed by atoms with Crippen molar-refractivity contribution in [2.45, 2.75) is 13.1 Å². The lowest BCUT2D eigenvalue weighted by atomic mass is 10.1. The number of aromatic nitrogens is 1. The molecule has 0 fully saturated rings. The number of para-hydroxylation sites is 1. The molecule has 1 N–H and O–H groups in total. The monoisotopic (exact) mass is 420 g/mol. The molecular formula is C20H15F3N2O3S. The number of alkyl halides is 3. The summed E-state index contributed by atoms with van der Waals surface area (Å²) in [5.41, 5.74) is 0.179. The zero-order valence-electron chi connectivity index (χ0n) is 15.1. The van der Waals surface area contributed by atoms with Gasteiger partial charge in [0.1, 0.15) is 5.75 Å². The summed E-state index contributed by atoms with van der Waals surface area (Å²) in [5, 5.41) is 2.62. The lowest BCUT2D eigenvalue weighted by Gasteiger charge is -2.13. The fourth-order valence-electron chi connectivity index (χ4n) is 2.53. The van der Waals surface area contributed by atoms with Crippen molar-refractivity contribution in [3.63, 3.8) is 0 Å². The van der Waals surface area contributed by atoms with Crippen LogP contribution in [0.25, 0.3) is 11.3 Å². The van der Waals surface area contributed by atoms with Gasteiger partial charge in [-0.05, 0) is 12.1 Å². The van der Waals surface area contributed by atoms with Gasteiger partial charge in [-0.15, -0.1) is 0 Å². The summed E-state index contributed by atoms with van der Waals surface area (Å²) in [5.74, 6) is -1.34. The van der Waals surface area contributed by atoms with Crippen LogP contribution < -0.4 is 10.1 Å². The minimum atomic E-state index is -4.59. The maximum Gasteiger partial charge on any atom is 0.419 e. The minimum Gasteiger partial charge on any atom is -0.483 e. The molecule has 0 saturated heterocycles. The maximum absolute atomic E-state index is 13.0. The van der Waals surface area contributed by atoms with Gasteiger partial charge in [0, 0.05) is 12.5 Å². The third kappa shape index (κ3) is 5.00. The lowest BCUT2D eigenvalue weighted by molar-refractivity contribution is -0.139. The summed E-state index contributed by atoms with van der Waals surface area (Å²) >= 11 is 0.992. The van der Waals surface area contributed by atoms with Gasteiger partial charge in [0.2, 0.25) is 0 Å². The summed E-state index contributed by atoms with van der Waals surface area (Å²) in [6, 6.07) is 13.6. The molecule has 0 aliphatic rings. The molecule has 0 radical (unpaired) electrons. The summed E-state index contributed by atoms with van der Waals surface area (Å²) in [6.07, 6.45) is -4.59. The highest BCUT2D eigenvalue weighted by Crippen LogP contribution is 2.36. The molecule has 0 atom stereocenters. The van der Waals surface area contributed by atoms with E-state index in [1.165, 1.54) is 19.1 Å². The van der Waals surface area contributed by atoms with E-state index in [4.69, 9.17) is 4.74 Å². The van der Waals surface area contributed by atoms with Crippen LogP contribution in [0.1, 0.15) is 22.2 Å². The number of amides is 1. The third-order valence-electron chi connectivity index (χ3n) is 3.79. The second-order valence-electron chi connectivity index (χ2n) is 5.95. The first-order chi connectivity index (χ1) is 13.8. The summed E-state index contributed by atoms with van der Waals surface area (Å²) in [6.45, 7) is 0.755. The van der Waals surface area contributed by atoms with Crippen molar-refractivity contribution < 1.29 is 27.5 Å². The predicted octanol–water partition coefficient (Wildman–Crippen LogP) is 5.05. The standard InChI is InChI=1S/C20H15F3N2O3S/c1-12(26)18-17(13-7-3-2-4-8-13)25-19(29-18)24-16(27)11-28-15-10-6-5-9-14(15)20(21,22)23/h2-10H,11H2,1H3,(H,24,25,27). The van der Waals surface area contributed by atoms with E-state index in [-0.39, 0.29) is 10.9 Å². The second kappa shape index (κ2) is 8.44. The lowest BCUT2D eigenvalue weighted by Crippen LogP contribution is -2.21. The molecule has 9 heteroatoms. The molecule has 0 saturated carbocycles. The summed E-state index contributed by atoms with van der Waals surface area (Å²) in [4.78, 5) is 28.7. The van der Waals surface area contributed by atoms with E-state index in [1.54, 1.807) is 24.3 Å². The molecule has 0 aliphatic heterocycles. The number of nitrogens with zero attached hydrogens (tertiary/aromatic N) is 1.